The lowest BCUT2D eigenvalue weighted by Crippen LogP contribution is -2.26. The second-order valence-electron chi connectivity index (χ2n) is 3.98. The molecule has 2 N–H and O–H groups in total. The minimum atomic E-state index is 0.0796. The molecule has 0 aliphatic carbocycles. The number of nitrogens with one attached hydrogen (secondary N) is 1. The monoisotopic (exact) mass is 288 g/mol. The molecule has 1 aromatic heterocycles. The van der Waals surface area contributed by atoms with Gasteiger partial charge in [0.25, 0.3) is 0 Å². The van der Waals surface area contributed by atoms with Crippen molar-refractivity contribution in [3.05, 3.63) is 16.1 Å². The molecule has 0 saturated carbocycles. The van der Waals surface area contributed by atoms with Crippen LogP contribution in [0.15, 0.2) is 5.38 Å². The number of carbonyl (C=O) groups is 1. The Balaban J connectivity index is 2.00. The van der Waals surface area contributed by atoms with Crippen LogP contribution in [-0.2, 0) is 10.5 Å². The number of aliphatic hydroxyl groups is 1. The van der Waals surface area contributed by atoms with E-state index < -0.39 is 0 Å². The SMILES string of the molecule is Cc1nc(CSCC(=O)NCCCCCO)cs1. The number of hydrogen-bond donors (Lipinski definition) is 2. The van der Waals surface area contributed by atoms with Gasteiger partial charge in [-0.05, 0) is 26.2 Å². The largest absolute Gasteiger partial charge is 0.396 e. The van der Waals surface area contributed by atoms with E-state index in [-0.39, 0.29) is 12.5 Å². The van der Waals surface area contributed by atoms with Gasteiger partial charge in [0.15, 0.2) is 0 Å². The molecule has 1 aromatic rings. The number of aliphatic hydroxyl groups excluding tert-OH is 1. The maximum Gasteiger partial charge on any atom is 0.230 e. The molecule has 6 heteroatoms. The fourth-order valence-corrected chi connectivity index (χ4v) is 2.88. The van der Waals surface area contributed by atoms with Gasteiger partial charge in [-0.3, -0.25) is 4.79 Å². The highest BCUT2D eigenvalue weighted by molar-refractivity contribution is 7.99. The number of thioether (sulfide) groups is 1. The van der Waals surface area contributed by atoms with Crippen molar-refractivity contribution in [1.82, 2.24) is 10.3 Å². The van der Waals surface area contributed by atoms with Crippen LogP contribution in [0.3, 0.4) is 0 Å². The molecule has 0 spiro atoms. The number of aromatic nitrogens is 1. The molecular formula is C12H20N2O2S2. The molecule has 18 heavy (non-hydrogen) atoms. The zero-order valence-electron chi connectivity index (χ0n) is 10.6. The maximum absolute atomic E-state index is 11.5. The highest BCUT2D eigenvalue weighted by Crippen LogP contribution is 2.14. The molecule has 1 amide bonds. The Morgan fingerprint density at radius 3 is 3.00 bits per heavy atom. The predicted octanol–water partition coefficient (Wildman–Crippen LogP) is 1.96. The summed E-state index contributed by atoms with van der Waals surface area (Å²) in [7, 11) is 0. The van der Waals surface area contributed by atoms with E-state index >= 15 is 0 Å². The first-order valence-electron chi connectivity index (χ1n) is 6.08. The quantitative estimate of drug-likeness (QED) is 0.682. The lowest BCUT2D eigenvalue weighted by atomic mass is 10.2. The summed E-state index contributed by atoms with van der Waals surface area (Å²) in [5, 5.41) is 14.6. The number of carbonyl (C=O) groups excluding carboxylic acids is 1. The van der Waals surface area contributed by atoms with Gasteiger partial charge in [0.1, 0.15) is 0 Å². The molecule has 0 fully saturated rings. The molecule has 0 aliphatic rings. The van der Waals surface area contributed by atoms with Gasteiger partial charge < -0.3 is 10.4 Å². The van der Waals surface area contributed by atoms with Crippen molar-refractivity contribution >= 4 is 29.0 Å². The Bertz CT molecular complexity index is 356. The van der Waals surface area contributed by atoms with Crippen molar-refractivity contribution in [2.75, 3.05) is 18.9 Å². The average molecular weight is 288 g/mol. The van der Waals surface area contributed by atoms with Crippen LogP contribution in [0.2, 0.25) is 0 Å². The summed E-state index contributed by atoms with van der Waals surface area (Å²) in [5.41, 5.74) is 1.05. The predicted molar refractivity (Wildman–Crippen MR) is 77.0 cm³/mol. The summed E-state index contributed by atoms with van der Waals surface area (Å²) < 4.78 is 0. The zero-order valence-corrected chi connectivity index (χ0v) is 12.3. The van der Waals surface area contributed by atoms with Gasteiger partial charge in [-0.15, -0.1) is 23.1 Å². The third-order valence-electron chi connectivity index (χ3n) is 2.31. The Kier molecular flexibility index (Phi) is 8.04. The molecule has 1 rings (SSSR count). The molecule has 102 valence electrons. The van der Waals surface area contributed by atoms with E-state index in [9.17, 15) is 4.79 Å². The number of nitrogens with zero attached hydrogens (tertiary/aromatic N) is 1. The Morgan fingerprint density at radius 2 is 2.33 bits per heavy atom. The van der Waals surface area contributed by atoms with Crippen LogP contribution in [0.4, 0.5) is 0 Å². The minimum Gasteiger partial charge on any atom is -0.396 e. The van der Waals surface area contributed by atoms with Gasteiger partial charge in [-0.25, -0.2) is 4.98 Å². The normalized spacial score (nSPS) is 10.6. The lowest BCUT2D eigenvalue weighted by molar-refractivity contribution is -0.118. The molecule has 1 heterocycles. The van der Waals surface area contributed by atoms with Crippen molar-refractivity contribution in [1.29, 1.82) is 0 Å². The van der Waals surface area contributed by atoms with Crippen molar-refractivity contribution < 1.29 is 9.90 Å². The maximum atomic E-state index is 11.5. The third-order valence-corrected chi connectivity index (χ3v) is 4.10. The number of rotatable bonds is 9. The zero-order chi connectivity index (χ0) is 13.2. The second kappa shape index (κ2) is 9.35. The lowest BCUT2D eigenvalue weighted by Gasteiger charge is -2.04. The summed E-state index contributed by atoms with van der Waals surface area (Å²) >= 11 is 3.23. The molecule has 0 saturated heterocycles. The van der Waals surface area contributed by atoms with Crippen LogP contribution in [0.25, 0.3) is 0 Å². The highest BCUT2D eigenvalue weighted by Gasteiger charge is 2.03. The van der Waals surface area contributed by atoms with Crippen LogP contribution in [0, 0.1) is 6.92 Å². The summed E-state index contributed by atoms with van der Waals surface area (Å²) in [6, 6.07) is 0. The molecule has 0 bridgehead atoms. The fraction of sp³-hybridized carbons (Fsp3) is 0.667. The van der Waals surface area contributed by atoms with E-state index in [1.165, 1.54) is 0 Å². The molecule has 0 unspecified atom stereocenters. The van der Waals surface area contributed by atoms with Crippen molar-refractivity contribution in [3.63, 3.8) is 0 Å². The molecule has 4 nitrogen and oxygen atoms in total. The standard InChI is InChI=1S/C12H20N2O2S2/c1-10-14-11(8-18-10)7-17-9-12(16)13-5-3-2-4-6-15/h8,15H,2-7,9H2,1H3,(H,13,16). The first-order valence-corrected chi connectivity index (χ1v) is 8.12. The average Bonchev–Trinajstić information content (AvgIpc) is 2.75. The topological polar surface area (TPSA) is 62.2 Å². The van der Waals surface area contributed by atoms with Crippen LogP contribution >= 0.6 is 23.1 Å². The van der Waals surface area contributed by atoms with Gasteiger partial charge >= 0.3 is 0 Å². The summed E-state index contributed by atoms with van der Waals surface area (Å²) in [5.74, 6) is 1.36. The third kappa shape index (κ3) is 6.98. The van der Waals surface area contributed by atoms with E-state index in [1.54, 1.807) is 23.1 Å². The van der Waals surface area contributed by atoms with Crippen LogP contribution < -0.4 is 5.32 Å². The summed E-state index contributed by atoms with van der Waals surface area (Å²) in [6.07, 6.45) is 2.71. The van der Waals surface area contributed by atoms with Gasteiger partial charge in [0, 0.05) is 24.3 Å². The molecule has 0 radical (unpaired) electrons. The van der Waals surface area contributed by atoms with Gasteiger partial charge in [0.05, 0.1) is 16.5 Å². The van der Waals surface area contributed by atoms with E-state index in [0.717, 1.165) is 35.7 Å². The van der Waals surface area contributed by atoms with E-state index in [4.69, 9.17) is 5.11 Å². The fourth-order valence-electron chi connectivity index (χ4n) is 1.42. The molecular weight excluding hydrogens is 268 g/mol. The number of hydrogen-bond acceptors (Lipinski definition) is 5. The van der Waals surface area contributed by atoms with Gasteiger partial charge in [0.2, 0.25) is 5.91 Å². The Labute approximate surface area is 116 Å². The van der Waals surface area contributed by atoms with E-state index in [1.807, 2.05) is 12.3 Å². The van der Waals surface area contributed by atoms with Crippen LogP contribution in [0.1, 0.15) is 30.0 Å². The first kappa shape index (κ1) is 15.5. The van der Waals surface area contributed by atoms with Gasteiger partial charge in [-0.2, -0.15) is 0 Å². The van der Waals surface area contributed by atoms with Crippen molar-refractivity contribution in [2.24, 2.45) is 0 Å². The molecule has 0 atom stereocenters. The minimum absolute atomic E-state index is 0.0796. The van der Waals surface area contributed by atoms with Crippen molar-refractivity contribution in [2.45, 2.75) is 31.9 Å². The van der Waals surface area contributed by atoms with E-state index in [2.05, 4.69) is 10.3 Å². The Morgan fingerprint density at radius 1 is 1.50 bits per heavy atom. The molecule has 0 aromatic carbocycles. The smallest absolute Gasteiger partial charge is 0.230 e. The number of unbranched alkanes of at least 4 members (excludes halogenated alkanes) is 2. The number of aryl methyl sites for hydroxylation is 1. The van der Waals surface area contributed by atoms with Crippen LogP contribution in [0.5, 0.6) is 0 Å². The van der Waals surface area contributed by atoms with Crippen molar-refractivity contribution in [3.8, 4) is 0 Å². The number of amides is 1. The summed E-state index contributed by atoms with van der Waals surface area (Å²) in [4.78, 5) is 15.8. The second-order valence-corrected chi connectivity index (χ2v) is 6.03. The number of thiazole rings is 1. The first-order chi connectivity index (χ1) is 8.72. The van der Waals surface area contributed by atoms with Gasteiger partial charge in [-0.1, -0.05) is 0 Å². The van der Waals surface area contributed by atoms with Crippen LogP contribution in [-0.4, -0.2) is 34.9 Å². The summed E-state index contributed by atoms with van der Waals surface area (Å²) in [6.45, 7) is 2.92. The highest BCUT2D eigenvalue weighted by atomic mass is 32.2. The Hall–Kier alpha value is -0.590. The molecule has 0 aliphatic heterocycles. The van der Waals surface area contributed by atoms with E-state index in [0.29, 0.717) is 12.3 Å².